The molecule has 38 heavy (non-hydrogen) atoms. The lowest BCUT2D eigenvalue weighted by atomic mass is 9.82. The SMILES string of the molecule is CCCCc1ccc(Nc2cccc3c2C(=O)c2cccc(Nc4ccc(CCCC)cc4)c2C3=O)cc1. The number of anilines is 4. The normalized spacial score (nSPS) is 12.2. The lowest BCUT2D eigenvalue weighted by molar-refractivity contribution is 0.0980. The molecule has 4 aromatic carbocycles. The number of rotatable bonds is 10. The Labute approximate surface area is 225 Å². The minimum atomic E-state index is -0.143. The third-order valence-corrected chi connectivity index (χ3v) is 7.18. The van der Waals surface area contributed by atoms with Crippen LogP contribution in [0.25, 0.3) is 0 Å². The summed E-state index contributed by atoms with van der Waals surface area (Å²) in [4.78, 5) is 27.5. The maximum absolute atomic E-state index is 13.8. The second-order valence-electron chi connectivity index (χ2n) is 9.97. The van der Waals surface area contributed by atoms with Crippen LogP contribution in [0.1, 0.15) is 82.5 Å². The highest BCUT2D eigenvalue weighted by atomic mass is 16.1. The summed E-state index contributed by atoms with van der Waals surface area (Å²) in [6.07, 6.45) is 6.76. The summed E-state index contributed by atoms with van der Waals surface area (Å²) >= 11 is 0. The summed E-state index contributed by atoms with van der Waals surface area (Å²) in [6.45, 7) is 4.38. The summed E-state index contributed by atoms with van der Waals surface area (Å²) in [7, 11) is 0. The molecule has 4 nitrogen and oxygen atoms in total. The van der Waals surface area contributed by atoms with Crippen LogP contribution in [0.3, 0.4) is 0 Å². The summed E-state index contributed by atoms with van der Waals surface area (Å²) in [5.41, 5.74) is 7.38. The van der Waals surface area contributed by atoms with Gasteiger partial charge >= 0.3 is 0 Å². The van der Waals surface area contributed by atoms with E-state index in [4.69, 9.17) is 0 Å². The van der Waals surface area contributed by atoms with Crippen molar-refractivity contribution in [1.82, 2.24) is 0 Å². The van der Waals surface area contributed by atoms with Gasteiger partial charge in [0.05, 0.1) is 22.5 Å². The zero-order valence-corrected chi connectivity index (χ0v) is 22.1. The summed E-state index contributed by atoms with van der Waals surface area (Å²) in [5.74, 6) is -0.286. The number of benzene rings is 4. The molecular weight excluding hydrogens is 468 g/mol. The van der Waals surface area contributed by atoms with Gasteiger partial charge in [0.25, 0.3) is 0 Å². The Morgan fingerprint density at radius 1 is 0.526 bits per heavy atom. The molecule has 0 saturated heterocycles. The topological polar surface area (TPSA) is 58.2 Å². The second-order valence-corrected chi connectivity index (χ2v) is 9.97. The zero-order valence-electron chi connectivity index (χ0n) is 22.1. The largest absolute Gasteiger partial charge is 0.355 e. The van der Waals surface area contributed by atoms with E-state index < -0.39 is 0 Å². The molecule has 0 radical (unpaired) electrons. The molecule has 4 aromatic rings. The van der Waals surface area contributed by atoms with E-state index in [1.807, 2.05) is 48.5 Å². The number of nitrogens with one attached hydrogen (secondary N) is 2. The van der Waals surface area contributed by atoms with Crippen LogP contribution in [0.4, 0.5) is 22.7 Å². The van der Waals surface area contributed by atoms with Gasteiger partial charge in [0.1, 0.15) is 0 Å². The minimum Gasteiger partial charge on any atom is -0.355 e. The van der Waals surface area contributed by atoms with Crippen LogP contribution in [0, 0.1) is 0 Å². The molecule has 0 heterocycles. The van der Waals surface area contributed by atoms with Crippen LogP contribution in [0.2, 0.25) is 0 Å². The van der Waals surface area contributed by atoms with Crippen molar-refractivity contribution in [2.45, 2.75) is 52.4 Å². The van der Waals surface area contributed by atoms with Crippen molar-refractivity contribution in [3.05, 3.63) is 118 Å². The minimum absolute atomic E-state index is 0.143. The maximum Gasteiger partial charge on any atom is 0.196 e. The van der Waals surface area contributed by atoms with Crippen molar-refractivity contribution in [3.63, 3.8) is 0 Å². The van der Waals surface area contributed by atoms with Crippen molar-refractivity contribution in [1.29, 1.82) is 0 Å². The van der Waals surface area contributed by atoms with Crippen molar-refractivity contribution in [3.8, 4) is 0 Å². The fourth-order valence-electron chi connectivity index (χ4n) is 5.03. The Kier molecular flexibility index (Phi) is 7.69. The molecule has 0 fully saturated rings. The molecule has 4 heteroatoms. The highest BCUT2D eigenvalue weighted by Gasteiger charge is 2.33. The van der Waals surface area contributed by atoms with Gasteiger partial charge < -0.3 is 10.6 Å². The molecule has 0 amide bonds. The smallest absolute Gasteiger partial charge is 0.196 e. The first kappa shape index (κ1) is 25.5. The van der Waals surface area contributed by atoms with Gasteiger partial charge in [0.2, 0.25) is 0 Å². The van der Waals surface area contributed by atoms with Crippen LogP contribution in [-0.2, 0) is 12.8 Å². The lowest BCUT2D eigenvalue weighted by Gasteiger charge is -2.23. The molecular formula is C34H34N2O2. The predicted octanol–water partition coefficient (Wildman–Crippen LogP) is 8.63. The van der Waals surface area contributed by atoms with E-state index >= 15 is 0 Å². The van der Waals surface area contributed by atoms with Gasteiger partial charge in [-0.25, -0.2) is 0 Å². The number of fused-ring (bicyclic) bond motifs is 2. The molecule has 0 saturated carbocycles. The average molecular weight is 503 g/mol. The van der Waals surface area contributed by atoms with E-state index in [2.05, 4.69) is 48.7 Å². The van der Waals surface area contributed by atoms with Gasteiger partial charge in [-0.05, 0) is 73.2 Å². The van der Waals surface area contributed by atoms with Gasteiger partial charge in [-0.15, -0.1) is 0 Å². The summed E-state index contributed by atoms with van der Waals surface area (Å²) in [6, 6.07) is 27.5. The third kappa shape index (κ3) is 5.26. The Morgan fingerprint density at radius 3 is 1.29 bits per heavy atom. The number of aryl methyl sites for hydroxylation is 2. The average Bonchev–Trinajstić information content (AvgIpc) is 2.95. The fourth-order valence-corrected chi connectivity index (χ4v) is 5.03. The molecule has 192 valence electrons. The molecule has 0 spiro atoms. The quantitative estimate of drug-likeness (QED) is 0.201. The number of ketones is 2. The van der Waals surface area contributed by atoms with Gasteiger partial charge in [-0.2, -0.15) is 0 Å². The molecule has 0 unspecified atom stereocenters. The fraction of sp³-hybridized carbons (Fsp3) is 0.235. The Hall–Kier alpha value is -4.18. The van der Waals surface area contributed by atoms with E-state index in [0.717, 1.165) is 49.9 Å². The number of carbonyl (C=O) groups is 2. The van der Waals surface area contributed by atoms with Crippen molar-refractivity contribution < 1.29 is 9.59 Å². The number of hydrogen-bond donors (Lipinski definition) is 2. The second kappa shape index (κ2) is 11.5. The van der Waals surface area contributed by atoms with E-state index in [0.29, 0.717) is 33.6 Å². The zero-order chi connectivity index (χ0) is 26.5. The van der Waals surface area contributed by atoms with Crippen LogP contribution in [0.15, 0.2) is 84.9 Å². The van der Waals surface area contributed by atoms with E-state index in [-0.39, 0.29) is 11.6 Å². The predicted molar refractivity (Wildman–Crippen MR) is 156 cm³/mol. The van der Waals surface area contributed by atoms with Crippen molar-refractivity contribution in [2.75, 3.05) is 10.6 Å². The molecule has 1 aliphatic carbocycles. The van der Waals surface area contributed by atoms with E-state index in [1.165, 1.54) is 11.1 Å². The third-order valence-electron chi connectivity index (χ3n) is 7.18. The van der Waals surface area contributed by atoms with Crippen LogP contribution < -0.4 is 10.6 Å². The van der Waals surface area contributed by atoms with Crippen molar-refractivity contribution >= 4 is 34.3 Å². The molecule has 5 rings (SSSR count). The lowest BCUT2D eigenvalue weighted by Crippen LogP contribution is -2.23. The van der Waals surface area contributed by atoms with Crippen LogP contribution in [-0.4, -0.2) is 11.6 Å². The van der Waals surface area contributed by atoms with E-state index in [1.54, 1.807) is 12.1 Å². The van der Waals surface area contributed by atoms with Gasteiger partial charge in [-0.1, -0.05) is 75.2 Å². The van der Waals surface area contributed by atoms with Crippen molar-refractivity contribution in [2.24, 2.45) is 0 Å². The first-order valence-corrected chi connectivity index (χ1v) is 13.7. The Balaban J connectivity index is 1.42. The highest BCUT2D eigenvalue weighted by Crippen LogP contribution is 2.37. The van der Waals surface area contributed by atoms with Gasteiger partial charge in [-0.3, -0.25) is 9.59 Å². The molecule has 0 bridgehead atoms. The summed E-state index contributed by atoms with van der Waals surface area (Å²) in [5, 5.41) is 6.77. The molecule has 2 N–H and O–H groups in total. The van der Waals surface area contributed by atoms with Crippen LogP contribution in [0.5, 0.6) is 0 Å². The van der Waals surface area contributed by atoms with E-state index in [9.17, 15) is 9.59 Å². The number of unbranched alkanes of at least 4 members (excludes halogenated alkanes) is 2. The Bertz CT molecular complexity index is 1340. The molecule has 0 aromatic heterocycles. The van der Waals surface area contributed by atoms with Gasteiger partial charge in [0.15, 0.2) is 11.6 Å². The van der Waals surface area contributed by atoms with Crippen LogP contribution >= 0.6 is 0 Å². The first-order chi connectivity index (χ1) is 18.6. The Morgan fingerprint density at radius 2 is 0.921 bits per heavy atom. The monoisotopic (exact) mass is 502 g/mol. The highest BCUT2D eigenvalue weighted by molar-refractivity contribution is 6.32. The molecule has 0 atom stereocenters. The maximum atomic E-state index is 13.8. The number of carbonyl (C=O) groups excluding carboxylic acids is 2. The molecule has 0 aliphatic heterocycles. The number of hydrogen-bond acceptors (Lipinski definition) is 4. The van der Waals surface area contributed by atoms with Gasteiger partial charge in [0, 0.05) is 22.5 Å². The standard InChI is InChI=1S/C34H34N2O2/c1-3-5-9-23-15-19-25(20-16-23)35-29-13-7-11-27-31(29)33(37)28-12-8-14-30(32(28)34(27)38)36-26-21-17-24(18-22-26)10-6-4-2/h7-8,11-22,35-36H,3-6,9-10H2,1-2H3. The first-order valence-electron chi connectivity index (χ1n) is 13.7. The summed E-state index contributed by atoms with van der Waals surface area (Å²) < 4.78 is 0. The molecule has 1 aliphatic rings.